The van der Waals surface area contributed by atoms with Gasteiger partial charge in [0.15, 0.2) is 17.4 Å². The monoisotopic (exact) mass is 302 g/mol. The largest absolute Gasteiger partial charge is 0.491 e. The zero-order chi connectivity index (χ0) is 14.5. The third-order valence-electron chi connectivity index (χ3n) is 2.96. The Morgan fingerprint density at radius 3 is 2.65 bits per heavy atom. The van der Waals surface area contributed by atoms with Crippen molar-refractivity contribution in [2.45, 2.75) is 18.9 Å². The van der Waals surface area contributed by atoms with Crippen molar-refractivity contribution < 1.29 is 18.3 Å². The van der Waals surface area contributed by atoms with Crippen LogP contribution in [0.2, 0.25) is 0 Å². The minimum absolute atomic E-state index is 0.0572. The van der Waals surface area contributed by atoms with Crippen LogP contribution >= 0.6 is 11.8 Å². The molecule has 1 unspecified atom stereocenters. The van der Waals surface area contributed by atoms with E-state index in [9.17, 15) is 13.6 Å². The quantitative estimate of drug-likeness (QED) is 0.902. The Bertz CT molecular complexity index is 470. The molecule has 0 radical (unpaired) electrons. The average molecular weight is 302 g/mol. The van der Waals surface area contributed by atoms with Crippen LogP contribution in [0.5, 0.6) is 5.75 Å². The number of hydrogen-bond donors (Lipinski definition) is 2. The lowest BCUT2D eigenvalue weighted by molar-refractivity contribution is 0.248. The molecule has 1 aromatic carbocycles. The molecule has 0 saturated carbocycles. The van der Waals surface area contributed by atoms with Gasteiger partial charge in [-0.05, 0) is 18.6 Å². The number of carbonyl (C=O) groups is 1. The number of amides is 2. The Labute approximate surface area is 120 Å². The highest BCUT2D eigenvalue weighted by molar-refractivity contribution is 7.99. The van der Waals surface area contributed by atoms with Crippen molar-refractivity contribution in [3.63, 3.8) is 0 Å². The molecule has 0 aromatic heterocycles. The van der Waals surface area contributed by atoms with Gasteiger partial charge < -0.3 is 15.4 Å². The minimum atomic E-state index is -0.851. The Morgan fingerprint density at radius 1 is 1.40 bits per heavy atom. The molecule has 1 heterocycles. The second-order valence-electron chi connectivity index (χ2n) is 4.49. The molecular formula is C13H16F2N2O2S. The van der Waals surface area contributed by atoms with E-state index >= 15 is 0 Å². The molecule has 0 bridgehead atoms. The molecular weight excluding hydrogens is 286 g/mol. The van der Waals surface area contributed by atoms with Crippen molar-refractivity contribution in [3.05, 3.63) is 23.8 Å². The number of methoxy groups -OCH3 is 1. The first kappa shape index (κ1) is 14.9. The Morgan fingerprint density at radius 2 is 2.10 bits per heavy atom. The van der Waals surface area contributed by atoms with E-state index in [1.54, 1.807) is 11.8 Å². The molecule has 1 aromatic rings. The van der Waals surface area contributed by atoms with Gasteiger partial charge >= 0.3 is 6.03 Å². The van der Waals surface area contributed by atoms with E-state index in [0.29, 0.717) is 0 Å². The van der Waals surface area contributed by atoms with Gasteiger partial charge in [0.05, 0.1) is 7.11 Å². The van der Waals surface area contributed by atoms with Crippen LogP contribution < -0.4 is 15.4 Å². The molecule has 2 amide bonds. The second-order valence-corrected chi connectivity index (χ2v) is 5.64. The second kappa shape index (κ2) is 6.78. The van der Waals surface area contributed by atoms with Crippen LogP contribution in [0.4, 0.5) is 19.3 Å². The average Bonchev–Trinajstić information content (AvgIpc) is 2.39. The van der Waals surface area contributed by atoms with E-state index in [1.807, 2.05) is 0 Å². The highest BCUT2D eigenvalue weighted by atomic mass is 32.2. The van der Waals surface area contributed by atoms with E-state index in [0.717, 1.165) is 36.5 Å². The molecule has 1 atom stereocenters. The third-order valence-corrected chi connectivity index (χ3v) is 4.17. The molecule has 20 heavy (non-hydrogen) atoms. The lowest BCUT2D eigenvalue weighted by Crippen LogP contribution is -2.40. The first-order valence-corrected chi connectivity index (χ1v) is 7.44. The predicted octanol–water partition coefficient (Wildman–Crippen LogP) is 2.99. The number of rotatable bonds is 3. The molecule has 1 aliphatic heterocycles. The van der Waals surface area contributed by atoms with Crippen LogP contribution in [-0.2, 0) is 0 Å². The summed E-state index contributed by atoms with van der Waals surface area (Å²) in [7, 11) is 1.18. The molecule has 4 nitrogen and oxygen atoms in total. The molecule has 110 valence electrons. The van der Waals surface area contributed by atoms with Gasteiger partial charge in [0.2, 0.25) is 0 Å². The first-order valence-electron chi connectivity index (χ1n) is 6.28. The molecule has 1 aliphatic rings. The van der Waals surface area contributed by atoms with Crippen LogP contribution in [-0.4, -0.2) is 30.7 Å². The molecule has 2 N–H and O–H groups in total. The SMILES string of the molecule is COc1c(F)cc(NC(=O)NC2CCCSC2)cc1F. The maximum Gasteiger partial charge on any atom is 0.319 e. The maximum atomic E-state index is 13.5. The topological polar surface area (TPSA) is 50.4 Å². The van der Waals surface area contributed by atoms with Gasteiger partial charge in [0.25, 0.3) is 0 Å². The summed E-state index contributed by atoms with van der Waals surface area (Å²) in [6, 6.07) is 1.69. The van der Waals surface area contributed by atoms with Gasteiger partial charge in [-0.1, -0.05) is 0 Å². The molecule has 0 aliphatic carbocycles. The van der Waals surface area contributed by atoms with Crippen molar-refractivity contribution in [2.24, 2.45) is 0 Å². The van der Waals surface area contributed by atoms with Gasteiger partial charge in [-0.3, -0.25) is 0 Å². The summed E-state index contributed by atoms with van der Waals surface area (Å²) in [5.41, 5.74) is 0.0572. The van der Waals surface area contributed by atoms with Crippen molar-refractivity contribution in [2.75, 3.05) is 23.9 Å². The van der Waals surface area contributed by atoms with E-state index in [1.165, 1.54) is 7.11 Å². The van der Waals surface area contributed by atoms with E-state index in [2.05, 4.69) is 15.4 Å². The third kappa shape index (κ3) is 3.75. The highest BCUT2D eigenvalue weighted by Gasteiger charge is 2.17. The number of ether oxygens (including phenoxy) is 1. The van der Waals surface area contributed by atoms with E-state index in [4.69, 9.17) is 0 Å². The van der Waals surface area contributed by atoms with Gasteiger partial charge in [-0.15, -0.1) is 0 Å². The minimum Gasteiger partial charge on any atom is -0.491 e. The van der Waals surface area contributed by atoms with E-state index < -0.39 is 23.4 Å². The molecule has 1 saturated heterocycles. The Balaban J connectivity index is 1.97. The van der Waals surface area contributed by atoms with Crippen LogP contribution in [0.15, 0.2) is 12.1 Å². The van der Waals surface area contributed by atoms with Crippen molar-refractivity contribution in [1.29, 1.82) is 0 Å². The molecule has 7 heteroatoms. The van der Waals surface area contributed by atoms with E-state index in [-0.39, 0.29) is 11.7 Å². The lowest BCUT2D eigenvalue weighted by atomic mass is 10.2. The summed E-state index contributed by atoms with van der Waals surface area (Å²) >= 11 is 1.78. The number of halogens is 2. The summed E-state index contributed by atoms with van der Waals surface area (Å²) in [5.74, 6) is -0.195. The maximum absolute atomic E-state index is 13.5. The number of benzene rings is 1. The summed E-state index contributed by atoms with van der Waals surface area (Å²) in [6.07, 6.45) is 1.98. The standard InChI is InChI=1S/C13H16F2N2O2S/c1-19-12-10(14)5-9(6-11(12)15)17-13(18)16-8-3-2-4-20-7-8/h5-6,8H,2-4,7H2,1H3,(H2,16,17,18). The fraction of sp³-hybridized carbons (Fsp3) is 0.462. The molecule has 1 fully saturated rings. The smallest absolute Gasteiger partial charge is 0.319 e. The fourth-order valence-corrected chi connectivity index (χ4v) is 3.11. The van der Waals surface area contributed by atoms with Gasteiger partial charge in [0, 0.05) is 29.6 Å². The molecule has 0 spiro atoms. The number of nitrogens with one attached hydrogen (secondary N) is 2. The predicted molar refractivity (Wildman–Crippen MR) is 75.4 cm³/mol. The van der Waals surface area contributed by atoms with Crippen molar-refractivity contribution >= 4 is 23.5 Å². The Hall–Kier alpha value is -1.50. The molecule has 2 rings (SSSR count). The summed E-state index contributed by atoms with van der Waals surface area (Å²) < 4.78 is 31.5. The lowest BCUT2D eigenvalue weighted by Gasteiger charge is -2.22. The zero-order valence-electron chi connectivity index (χ0n) is 11.0. The van der Waals surface area contributed by atoms with Gasteiger partial charge in [0.1, 0.15) is 0 Å². The van der Waals surface area contributed by atoms with Crippen molar-refractivity contribution in [3.8, 4) is 5.75 Å². The Kier molecular flexibility index (Phi) is 5.05. The van der Waals surface area contributed by atoms with Crippen molar-refractivity contribution in [1.82, 2.24) is 5.32 Å². The van der Waals surface area contributed by atoms with Gasteiger partial charge in [-0.25, -0.2) is 13.6 Å². The number of anilines is 1. The van der Waals surface area contributed by atoms with Crippen LogP contribution in [0.1, 0.15) is 12.8 Å². The first-order chi connectivity index (χ1) is 9.60. The highest BCUT2D eigenvalue weighted by Crippen LogP contribution is 2.25. The van der Waals surface area contributed by atoms with Crippen LogP contribution in [0.3, 0.4) is 0 Å². The zero-order valence-corrected chi connectivity index (χ0v) is 11.9. The number of carbonyl (C=O) groups excluding carboxylic acids is 1. The summed E-state index contributed by atoms with van der Waals surface area (Å²) in [6.45, 7) is 0. The van der Waals surface area contributed by atoms with Crippen LogP contribution in [0.25, 0.3) is 0 Å². The summed E-state index contributed by atoms with van der Waals surface area (Å²) in [4.78, 5) is 11.8. The number of urea groups is 1. The van der Waals surface area contributed by atoms with Gasteiger partial charge in [-0.2, -0.15) is 11.8 Å². The fourth-order valence-electron chi connectivity index (χ4n) is 2.03. The normalized spacial score (nSPS) is 18.4. The number of thioether (sulfide) groups is 1. The number of hydrogen-bond acceptors (Lipinski definition) is 3. The van der Waals surface area contributed by atoms with Crippen LogP contribution in [0, 0.1) is 11.6 Å². The summed E-state index contributed by atoms with van der Waals surface area (Å²) in [5, 5.41) is 5.22.